The molecule has 1 aromatic heterocycles. The third-order valence-corrected chi connectivity index (χ3v) is 6.53. The molecule has 3 aromatic rings. The van der Waals surface area contributed by atoms with Gasteiger partial charge < -0.3 is 4.74 Å². The molecule has 0 saturated heterocycles. The highest BCUT2D eigenvalue weighted by Crippen LogP contribution is 2.33. The lowest BCUT2D eigenvalue weighted by Gasteiger charge is -2.15. The van der Waals surface area contributed by atoms with Crippen LogP contribution in [0, 0.1) is 13.8 Å². The third-order valence-electron chi connectivity index (χ3n) is 3.96. The van der Waals surface area contributed by atoms with E-state index in [1.165, 1.54) is 11.3 Å². The second kappa shape index (κ2) is 7.88. The van der Waals surface area contributed by atoms with E-state index in [0.717, 1.165) is 10.7 Å². The number of rotatable bonds is 6. The SMILES string of the molecule is CCOc1ccc(-c2csc(C)n2)cc1S(=O)(=O)Nc1cccc(Cl)c1C. The van der Waals surface area contributed by atoms with Crippen LogP contribution < -0.4 is 9.46 Å². The van der Waals surface area contributed by atoms with Crippen molar-refractivity contribution in [2.75, 3.05) is 11.3 Å². The maximum absolute atomic E-state index is 13.1. The van der Waals surface area contributed by atoms with Gasteiger partial charge in [-0.25, -0.2) is 13.4 Å². The van der Waals surface area contributed by atoms with Crippen LogP contribution in [-0.4, -0.2) is 20.0 Å². The zero-order valence-electron chi connectivity index (χ0n) is 15.1. The van der Waals surface area contributed by atoms with Crippen LogP contribution in [0.1, 0.15) is 17.5 Å². The Kier molecular flexibility index (Phi) is 5.74. The first-order chi connectivity index (χ1) is 12.8. The van der Waals surface area contributed by atoms with Gasteiger partial charge in [0.05, 0.1) is 23.0 Å². The molecular formula is C19H19ClN2O3S2. The predicted octanol–water partition coefficient (Wildman–Crippen LogP) is 5.28. The molecule has 0 aliphatic carbocycles. The Morgan fingerprint density at radius 3 is 2.67 bits per heavy atom. The number of nitrogens with zero attached hydrogens (tertiary/aromatic N) is 1. The third kappa shape index (κ3) is 4.26. The van der Waals surface area contributed by atoms with Crippen LogP contribution in [-0.2, 0) is 10.0 Å². The van der Waals surface area contributed by atoms with E-state index in [4.69, 9.17) is 16.3 Å². The molecule has 5 nitrogen and oxygen atoms in total. The summed E-state index contributed by atoms with van der Waals surface area (Å²) in [5.74, 6) is 0.292. The molecule has 3 rings (SSSR count). The Morgan fingerprint density at radius 2 is 2.00 bits per heavy atom. The topological polar surface area (TPSA) is 68.3 Å². The summed E-state index contributed by atoms with van der Waals surface area (Å²) in [5, 5.41) is 3.30. The van der Waals surface area contributed by atoms with Gasteiger partial charge >= 0.3 is 0 Å². The van der Waals surface area contributed by atoms with E-state index in [-0.39, 0.29) is 4.90 Å². The number of benzene rings is 2. The van der Waals surface area contributed by atoms with Gasteiger partial charge in [-0.05, 0) is 56.7 Å². The number of aromatic nitrogens is 1. The summed E-state index contributed by atoms with van der Waals surface area (Å²) in [5.41, 5.74) is 2.54. The first kappa shape index (κ1) is 19.7. The zero-order valence-corrected chi connectivity index (χ0v) is 17.5. The summed E-state index contributed by atoms with van der Waals surface area (Å²) in [6, 6.07) is 10.1. The van der Waals surface area contributed by atoms with E-state index < -0.39 is 10.0 Å². The van der Waals surface area contributed by atoms with Crippen molar-refractivity contribution in [2.24, 2.45) is 0 Å². The van der Waals surface area contributed by atoms with Crippen LogP contribution in [0.5, 0.6) is 5.75 Å². The molecule has 0 bridgehead atoms. The van der Waals surface area contributed by atoms with Crippen molar-refractivity contribution in [1.29, 1.82) is 0 Å². The van der Waals surface area contributed by atoms with Crippen molar-refractivity contribution >= 4 is 38.6 Å². The minimum Gasteiger partial charge on any atom is -0.492 e. The molecule has 0 radical (unpaired) electrons. The molecule has 1 heterocycles. The number of thiazole rings is 1. The highest BCUT2D eigenvalue weighted by atomic mass is 35.5. The Hall–Kier alpha value is -2.09. The first-order valence-corrected chi connectivity index (χ1v) is 11.0. The van der Waals surface area contributed by atoms with Crippen LogP contribution >= 0.6 is 22.9 Å². The van der Waals surface area contributed by atoms with E-state index in [1.807, 2.05) is 25.3 Å². The summed E-state index contributed by atoms with van der Waals surface area (Å²) in [6.07, 6.45) is 0. The Morgan fingerprint density at radius 1 is 1.22 bits per heavy atom. The number of halogens is 1. The molecule has 0 aliphatic rings. The molecule has 0 fully saturated rings. The average Bonchev–Trinajstić information content (AvgIpc) is 3.06. The van der Waals surface area contributed by atoms with Crippen LogP contribution in [0.4, 0.5) is 5.69 Å². The van der Waals surface area contributed by atoms with Crippen LogP contribution in [0.25, 0.3) is 11.3 Å². The highest BCUT2D eigenvalue weighted by molar-refractivity contribution is 7.92. The van der Waals surface area contributed by atoms with Crippen molar-refractivity contribution in [3.63, 3.8) is 0 Å². The molecule has 0 aliphatic heterocycles. The van der Waals surface area contributed by atoms with Gasteiger partial charge in [-0.15, -0.1) is 11.3 Å². The monoisotopic (exact) mass is 422 g/mol. The van der Waals surface area contributed by atoms with E-state index in [1.54, 1.807) is 37.3 Å². The summed E-state index contributed by atoms with van der Waals surface area (Å²) in [7, 11) is -3.89. The predicted molar refractivity (Wildman–Crippen MR) is 110 cm³/mol. The number of anilines is 1. The second-order valence-corrected chi connectivity index (χ2v) is 8.98. The minimum atomic E-state index is -3.89. The van der Waals surface area contributed by atoms with Crippen molar-refractivity contribution in [2.45, 2.75) is 25.7 Å². The van der Waals surface area contributed by atoms with E-state index in [9.17, 15) is 8.42 Å². The van der Waals surface area contributed by atoms with Gasteiger partial charge in [0.2, 0.25) is 0 Å². The maximum atomic E-state index is 13.1. The van der Waals surface area contributed by atoms with Crippen molar-refractivity contribution in [3.8, 4) is 17.0 Å². The van der Waals surface area contributed by atoms with Gasteiger partial charge in [-0.2, -0.15) is 0 Å². The normalized spacial score (nSPS) is 11.4. The zero-order chi connectivity index (χ0) is 19.6. The van der Waals surface area contributed by atoms with Gasteiger partial charge in [-0.3, -0.25) is 4.72 Å². The van der Waals surface area contributed by atoms with Gasteiger partial charge in [0.1, 0.15) is 10.6 Å². The quantitative estimate of drug-likeness (QED) is 0.586. The fraction of sp³-hybridized carbons (Fsp3) is 0.211. The Labute approximate surface area is 168 Å². The summed E-state index contributed by atoms with van der Waals surface area (Å²) in [6.45, 7) is 5.83. The molecule has 27 heavy (non-hydrogen) atoms. The number of nitrogens with one attached hydrogen (secondary N) is 1. The fourth-order valence-electron chi connectivity index (χ4n) is 2.57. The van der Waals surface area contributed by atoms with Crippen LogP contribution in [0.3, 0.4) is 0 Å². The first-order valence-electron chi connectivity index (χ1n) is 8.29. The largest absolute Gasteiger partial charge is 0.492 e. The lowest BCUT2D eigenvalue weighted by Crippen LogP contribution is -2.15. The summed E-state index contributed by atoms with van der Waals surface area (Å²) < 4.78 is 34.4. The minimum absolute atomic E-state index is 0.0619. The van der Waals surface area contributed by atoms with Crippen molar-refractivity contribution in [3.05, 3.63) is 57.4 Å². The fourth-order valence-corrected chi connectivity index (χ4v) is 4.66. The molecule has 8 heteroatoms. The molecule has 0 spiro atoms. The molecule has 0 atom stereocenters. The van der Waals surface area contributed by atoms with E-state index in [2.05, 4.69) is 9.71 Å². The molecule has 2 aromatic carbocycles. The number of hydrogen-bond donors (Lipinski definition) is 1. The van der Waals surface area contributed by atoms with E-state index >= 15 is 0 Å². The average molecular weight is 423 g/mol. The van der Waals surface area contributed by atoms with Crippen LogP contribution in [0.2, 0.25) is 5.02 Å². The maximum Gasteiger partial charge on any atom is 0.265 e. The van der Waals surface area contributed by atoms with Gasteiger partial charge in [0.15, 0.2) is 0 Å². The van der Waals surface area contributed by atoms with Crippen molar-refractivity contribution in [1.82, 2.24) is 4.98 Å². The molecule has 142 valence electrons. The number of ether oxygens (including phenoxy) is 1. The molecule has 0 saturated carbocycles. The van der Waals surface area contributed by atoms with E-state index in [0.29, 0.717) is 34.2 Å². The summed E-state index contributed by atoms with van der Waals surface area (Å²) >= 11 is 7.62. The van der Waals surface area contributed by atoms with Crippen molar-refractivity contribution < 1.29 is 13.2 Å². The molecule has 0 unspecified atom stereocenters. The van der Waals surface area contributed by atoms with Crippen LogP contribution in [0.15, 0.2) is 46.7 Å². The molecule has 1 N–H and O–H groups in total. The van der Waals surface area contributed by atoms with Gasteiger partial charge in [-0.1, -0.05) is 17.7 Å². The smallest absolute Gasteiger partial charge is 0.265 e. The molecule has 0 amide bonds. The lowest BCUT2D eigenvalue weighted by molar-refractivity contribution is 0.331. The number of sulfonamides is 1. The number of hydrogen-bond acceptors (Lipinski definition) is 5. The lowest BCUT2D eigenvalue weighted by atomic mass is 10.2. The van der Waals surface area contributed by atoms with Gasteiger partial charge in [0.25, 0.3) is 10.0 Å². The van der Waals surface area contributed by atoms with Gasteiger partial charge in [0, 0.05) is 16.0 Å². The number of aryl methyl sites for hydroxylation is 1. The highest BCUT2D eigenvalue weighted by Gasteiger charge is 2.22. The second-order valence-electron chi connectivity index (χ2n) is 5.86. The Bertz CT molecular complexity index is 1080. The summed E-state index contributed by atoms with van der Waals surface area (Å²) in [4.78, 5) is 4.50. The molecular weight excluding hydrogens is 404 g/mol. The standard InChI is InChI=1S/C19H19ClN2O3S2/c1-4-25-18-9-8-14(17-11-26-13(3)21-17)10-19(18)27(23,24)22-16-7-5-6-15(20)12(16)2/h5-11,22H,4H2,1-3H3. The Balaban J connectivity index is 2.07.